The number of aryl methyl sites for hydroxylation is 1. The van der Waals surface area contributed by atoms with Crippen LogP contribution in [-0.4, -0.2) is 53.4 Å². The molecule has 0 saturated carbocycles. The topological polar surface area (TPSA) is 98.4 Å². The maximum absolute atomic E-state index is 13.7. The molecule has 0 bridgehead atoms. The normalized spacial score (nSPS) is 14.0. The lowest BCUT2D eigenvalue weighted by molar-refractivity contribution is -0.128. The van der Waals surface area contributed by atoms with Crippen LogP contribution in [0, 0.1) is 6.92 Å². The number of aromatic nitrogens is 6. The molecule has 1 aliphatic heterocycles. The smallest absolute Gasteiger partial charge is 0.282 e. The molecule has 5 aromatic rings. The number of ether oxygens (including phenoxy) is 1. The van der Waals surface area contributed by atoms with Crippen LogP contribution in [0.5, 0.6) is 11.5 Å². The van der Waals surface area contributed by atoms with E-state index in [0.717, 1.165) is 44.9 Å². The van der Waals surface area contributed by atoms with Crippen LogP contribution in [0.2, 0.25) is 0 Å². The van der Waals surface area contributed by atoms with Gasteiger partial charge in [-0.2, -0.15) is 5.10 Å². The lowest BCUT2D eigenvalue weighted by Crippen LogP contribution is -2.35. The van der Waals surface area contributed by atoms with E-state index >= 15 is 0 Å². The van der Waals surface area contributed by atoms with Crippen LogP contribution in [0.3, 0.4) is 0 Å². The molecule has 1 amide bonds. The van der Waals surface area contributed by atoms with E-state index in [1.807, 2.05) is 55.6 Å². The summed E-state index contributed by atoms with van der Waals surface area (Å²) in [6.07, 6.45) is 9.17. The van der Waals surface area contributed by atoms with Gasteiger partial charge in [0.25, 0.3) is 5.91 Å². The Morgan fingerprint density at radius 1 is 1.10 bits per heavy atom. The highest BCUT2D eigenvalue weighted by atomic mass is 19.1. The first-order chi connectivity index (χ1) is 19.5. The summed E-state index contributed by atoms with van der Waals surface area (Å²) < 4.78 is 21.5. The lowest BCUT2D eigenvalue weighted by atomic mass is 10.0. The zero-order chi connectivity index (χ0) is 27.6. The van der Waals surface area contributed by atoms with E-state index in [2.05, 4.69) is 26.1 Å². The predicted molar refractivity (Wildman–Crippen MR) is 148 cm³/mol. The summed E-state index contributed by atoms with van der Waals surface area (Å²) in [5.74, 6) is 0.131. The van der Waals surface area contributed by atoms with Crippen molar-refractivity contribution in [2.24, 2.45) is 0 Å². The van der Waals surface area contributed by atoms with Gasteiger partial charge in [-0.3, -0.25) is 4.79 Å². The molecule has 0 saturated heterocycles. The van der Waals surface area contributed by atoms with Gasteiger partial charge in [0, 0.05) is 31.8 Å². The first-order valence-electron chi connectivity index (χ1n) is 13.0. The lowest BCUT2D eigenvalue weighted by Gasteiger charge is -2.25. The summed E-state index contributed by atoms with van der Waals surface area (Å²) in [6.45, 7) is 4.30. The maximum atomic E-state index is 13.7. The van der Waals surface area contributed by atoms with Gasteiger partial charge in [-0.25, -0.2) is 28.8 Å². The van der Waals surface area contributed by atoms with Crippen molar-refractivity contribution in [3.8, 4) is 11.5 Å². The van der Waals surface area contributed by atoms with Crippen molar-refractivity contribution in [2.45, 2.75) is 26.7 Å². The standard InChI is InChI=1S/C30H26FN7O2/c1-3-23(31)30(39)37-11-8-21(9-12-37)24-5-6-25-29(36-24)26(33-17-32-25)15-20-4-7-27(19(2)14-20)40-22-10-13-38-28(16-22)34-18-35-38/h3-8,10,13-14,16-18H,9,11-12,15H2,1-2H3/b23-3-. The van der Waals surface area contributed by atoms with Crippen molar-refractivity contribution < 1.29 is 13.9 Å². The molecule has 200 valence electrons. The van der Waals surface area contributed by atoms with Gasteiger partial charge in [-0.15, -0.1) is 0 Å². The van der Waals surface area contributed by atoms with Crippen molar-refractivity contribution in [1.82, 2.24) is 34.4 Å². The molecule has 0 aliphatic carbocycles. The largest absolute Gasteiger partial charge is 0.457 e. The number of carbonyl (C=O) groups is 1. The number of benzene rings is 1. The summed E-state index contributed by atoms with van der Waals surface area (Å²) in [7, 11) is 0. The van der Waals surface area contributed by atoms with E-state index in [1.54, 1.807) is 10.8 Å². The van der Waals surface area contributed by atoms with Gasteiger partial charge in [-0.05, 0) is 67.3 Å². The highest BCUT2D eigenvalue weighted by molar-refractivity contribution is 5.92. The minimum Gasteiger partial charge on any atom is -0.457 e. The summed E-state index contributed by atoms with van der Waals surface area (Å²) in [6, 6.07) is 13.6. The number of carbonyl (C=O) groups excluding carboxylic acids is 1. The second-order valence-corrected chi connectivity index (χ2v) is 9.56. The molecule has 0 unspecified atom stereocenters. The van der Waals surface area contributed by atoms with Gasteiger partial charge in [-0.1, -0.05) is 18.2 Å². The Morgan fingerprint density at radius 3 is 2.80 bits per heavy atom. The monoisotopic (exact) mass is 535 g/mol. The molecule has 5 heterocycles. The Hall–Kier alpha value is -4.99. The number of halogens is 1. The molecule has 6 rings (SSSR count). The Balaban J connectivity index is 1.22. The summed E-state index contributed by atoms with van der Waals surface area (Å²) in [5, 5.41) is 4.11. The van der Waals surface area contributed by atoms with Gasteiger partial charge >= 0.3 is 0 Å². The van der Waals surface area contributed by atoms with E-state index in [4.69, 9.17) is 9.72 Å². The van der Waals surface area contributed by atoms with Gasteiger partial charge < -0.3 is 9.64 Å². The average Bonchev–Trinajstić information content (AvgIpc) is 3.46. The summed E-state index contributed by atoms with van der Waals surface area (Å²) >= 11 is 0. The van der Waals surface area contributed by atoms with Crippen molar-refractivity contribution in [3.63, 3.8) is 0 Å². The number of allylic oxidation sites excluding steroid dienone is 1. The third-order valence-corrected chi connectivity index (χ3v) is 6.93. The van der Waals surface area contributed by atoms with Crippen LogP contribution in [0.4, 0.5) is 4.39 Å². The SMILES string of the molecule is C/C=C(\F)C(=O)N1CC=C(c2ccc3ncnc(Cc4ccc(Oc5ccn6ncnc6c5)c(C)c4)c3n2)CC1. The van der Waals surface area contributed by atoms with Crippen LogP contribution >= 0.6 is 0 Å². The second kappa shape index (κ2) is 10.6. The number of amides is 1. The number of nitrogens with zero attached hydrogens (tertiary/aromatic N) is 7. The molecule has 10 heteroatoms. The van der Waals surface area contributed by atoms with Crippen LogP contribution in [0.25, 0.3) is 22.3 Å². The molecule has 0 radical (unpaired) electrons. The molecular formula is C30H26FN7O2. The van der Waals surface area contributed by atoms with Gasteiger partial charge in [0.05, 0.1) is 16.9 Å². The number of hydrogen-bond donors (Lipinski definition) is 0. The van der Waals surface area contributed by atoms with E-state index in [9.17, 15) is 9.18 Å². The third kappa shape index (κ3) is 5.03. The Bertz CT molecular complexity index is 1810. The van der Waals surface area contributed by atoms with Crippen molar-refractivity contribution in [2.75, 3.05) is 13.1 Å². The zero-order valence-electron chi connectivity index (χ0n) is 22.1. The van der Waals surface area contributed by atoms with Crippen molar-refractivity contribution in [3.05, 3.63) is 102 Å². The molecule has 0 atom stereocenters. The Kier molecular flexibility index (Phi) is 6.73. The molecule has 1 aliphatic rings. The number of hydrogen-bond acceptors (Lipinski definition) is 7. The molecule has 1 aromatic carbocycles. The third-order valence-electron chi connectivity index (χ3n) is 6.93. The molecule has 40 heavy (non-hydrogen) atoms. The fourth-order valence-corrected chi connectivity index (χ4v) is 4.78. The maximum Gasteiger partial charge on any atom is 0.282 e. The van der Waals surface area contributed by atoms with Gasteiger partial charge in [0.2, 0.25) is 0 Å². The van der Waals surface area contributed by atoms with Crippen LogP contribution in [-0.2, 0) is 11.2 Å². The molecule has 0 fully saturated rings. The van der Waals surface area contributed by atoms with Crippen LogP contribution < -0.4 is 4.74 Å². The second-order valence-electron chi connectivity index (χ2n) is 9.56. The average molecular weight is 536 g/mol. The molecule has 0 spiro atoms. The number of rotatable bonds is 6. The first kappa shape index (κ1) is 25.3. The Morgan fingerprint density at radius 2 is 2.00 bits per heavy atom. The minimum atomic E-state index is -0.731. The molecular weight excluding hydrogens is 509 g/mol. The first-order valence-corrected chi connectivity index (χ1v) is 13.0. The predicted octanol–water partition coefficient (Wildman–Crippen LogP) is 5.25. The minimum absolute atomic E-state index is 0.341. The van der Waals surface area contributed by atoms with Crippen LogP contribution in [0.1, 0.15) is 35.9 Å². The Labute approximate surface area is 229 Å². The van der Waals surface area contributed by atoms with Crippen molar-refractivity contribution >= 4 is 28.2 Å². The fraction of sp³-hybridized carbons (Fsp3) is 0.200. The summed E-state index contributed by atoms with van der Waals surface area (Å²) in [4.78, 5) is 31.7. The summed E-state index contributed by atoms with van der Waals surface area (Å²) in [5.41, 5.74) is 6.92. The highest BCUT2D eigenvalue weighted by Gasteiger charge is 2.21. The van der Waals surface area contributed by atoms with Gasteiger partial charge in [0.15, 0.2) is 11.5 Å². The van der Waals surface area contributed by atoms with E-state index < -0.39 is 11.7 Å². The molecule has 9 nitrogen and oxygen atoms in total. The van der Waals surface area contributed by atoms with Crippen LogP contribution in [0.15, 0.2) is 79.3 Å². The highest BCUT2D eigenvalue weighted by Crippen LogP contribution is 2.28. The molecule has 4 aromatic heterocycles. The van der Waals surface area contributed by atoms with E-state index in [1.165, 1.54) is 24.2 Å². The van der Waals surface area contributed by atoms with Crippen molar-refractivity contribution in [1.29, 1.82) is 0 Å². The van der Waals surface area contributed by atoms with Gasteiger partial charge in [0.1, 0.15) is 29.7 Å². The zero-order valence-corrected chi connectivity index (χ0v) is 22.1. The fourth-order valence-electron chi connectivity index (χ4n) is 4.78. The molecule has 0 N–H and O–H groups in total. The quantitative estimate of drug-likeness (QED) is 0.274. The van der Waals surface area contributed by atoms with E-state index in [-0.39, 0.29) is 0 Å². The van der Waals surface area contributed by atoms with E-state index in [0.29, 0.717) is 37.3 Å². The number of pyridine rings is 2. The number of fused-ring (bicyclic) bond motifs is 2.